The van der Waals surface area contributed by atoms with Gasteiger partial charge < -0.3 is 10.2 Å². The molecule has 0 spiro atoms. The molecule has 0 aliphatic carbocycles. The summed E-state index contributed by atoms with van der Waals surface area (Å²) in [6.07, 6.45) is 2.93. The fourth-order valence-corrected chi connectivity index (χ4v) is 3.07. The minimum Gasteiger partial charge on any atom is -0.369 e. The van der Waals surface area contributed by atoms with Crippen LogP contribution in [0.5, 0.6) is 0 Å². The first-order valence-electron chi connectivity index (χ1n) is 9.12. The van der Waals surface area contributed by atoms with Crippen LogP contribution in [0.2, 0.25) is 0 Å². The molecule has 0 unspecified atom stereocenters. The van der Waals surface area contributed by atoms with Gasteiger partial charge in [-0.3, -0.25) is 0 Å². The van der Waals surface area contributed by atoms with Crippen molar-refractivity contribution in [3.8, 4) is 17.3 Å². The van der Waals surface area contributed by atoms with Gasteiger partial charge in [0.25, 0.3) is 0 Å². The van der Waals surface area contributed by atoms with Crippen LogP contribution >= 0.6 is 11.8 Å². The lowest BCUT2D eigenvalue weighted by Gasteiger charge is -2.19. The zero-order valence-corrected chi connectivity index (χ0v) is 17.9. The van der Waals surface area contributed by atoms with Gasteiger partial charge in [-0.05, 0) is 44.3 Å². The SMILES string of the molecule is CSc1nc(NCCCN(C)C)c(C#N)c(-c2ccc(C(C)(C)C)cc2)n1. The van der Waals surface area contributed by atoms with Crippen LogP contribution in [-0.4, -0.2) is 48.3 Å². The van der Waals surface area contributed by atoms with Crippen molar-refractivity contribution in [3.05, 3.63) is 35.4 Å². The Morgan fingerprint density at radius 1 is 1.15 bits per heavy atom. The van der Waals surface area contributed by atoms with Gasteiger partial charge in [0.15, 0.2) is 5.16 Å². The molecule has 0 amide bonds. The van der Waals surface area contributed by atoms with Gasteiger partial charge in [0.2, 0.25) is 0 Å². The molecule has 0 saturated carbocycles. The third-order valence-electron chi connectivity index (χ3n) is 4.28. The number of nitriles is 1. The van der Waals surface area contributed by atoms with E-state index >= 15 is 0 Å². The topological polar surface area (TPSA) is 64.8 Å². The van der Waals surface area contributed by atoms with E-state index in [-0.39, 0.29) is 5.41 Å². The molecule has 0 aliphatic heterocycles. The Kier molecular flexibility index (Phi) is 7.23. The van der Waals surface area contributed by atoms with E-state index in [0.29, 0.717) is 22.2 Å². The highest BCUT2D eigenvalue weighted by molar-refractivity contribution is 7.98. The summed E-state index contributed by atoms with van der Waals surface area (Å²) in [6.45, 7) is 8.32. The second kappa shape index (κ2) is 9.20. The molecule has 27 heavy (non-hydrogen) atoms. The Balaban J connectivity index is 2.37. The van der Waals surface area contributed by atoms with Crippen LogP contribution in [0.3, 0.4) is 0 Å². The summed E-state index contributed by atoms with van der Waals surface area (Å²) in [5.74, 6) is 0.616. The Bertz CT molecular complexity index is 801. The highest BCUT2D eigenvalue weighted by Gasteiger charge is 2.18. The molecule has 144 valence electrons. The summed E-state index contributed by atoms with van der Waals surface area (Å²) in [7, 11) is 4.10. The third kappa shape index (κ3) is 5.69. The predicted molar refractivity (Wildman–Crippen MR) is 114 cm³/mol. The van der Waals surface area contributed by atoms with Crippen molar-refractivity contribution in [2.45, 2.75) is 37.8 Å². The number of nitrogens with one attached hydrogen (secondary N) is 1. The zero-order valence-electron chi connectivity index (χ0n) is 17.1. The summed E-state index contributed by atoms with van der Waals surface area (Å²) in [6, 6.07) is 10.6. The molecule has 1 heterocycles. The number of hydrogen-bond acceptors (Lipinski definition) is 6. The molecular formula is C21H29N5S. The first kappa shape index (κ1) is 21.2. The van der Waals surface area contributed by atoms with E-state index in [1.807, 2.05) is 18.4 Å². The summed E-state index contributed by atoms with van der Waals surface area (Å²) in [5, 5.41) is 13.8. The number of aromatic nitrogens is 2. The van der Waals surface area contributed by atoms with E-state index in [9.17, 15) is 5.26 Å². The fraction of sp³-hybridized carbons (Fsp3) is 0.476. The maximum atomic E-state index is 9.77. The quantitative estimate of drug-likeness (QED) is 0.434. The van der Waals surface area contributed by atoms with Gasteiger partial charge in [-0.15, -0.1) is 0 Å². The molecular weight excluding hydrogens is 354 g/mol. The van der Waals surface area contributed by atoms with Gasteiger partial charge in [0, 0.05) is 12.1 Å². The lowest BCUT2D eigenvalue weighted by atomic mass is 9.86. The Morgan fingerprint density at radius 2 is 1.81 bits per heavy atom. The van der Waals surface area contributed by atoms with E-state index in [2.05, 4.69) is 73.3 Å². The largest absolute Gasteiger partial charge is 0.369 e. The normalized spacial score (nSPS) is 11.5. The van der Waals surface area contributed by atoms with Crippen LogP contribution in [0.25, 0.3) is 11.3 Å². The summed E-state index contributed by atoms with van der Waals surface area (Å²) in [4.78, 5) is 11.3. The van der Waals surface area contributed by atoms with Crippen LogP contribution in [0.4, 0.5) is 5.82 Å². The molecule has 0 bridgehead atoms. The molecule has 2 rings (SSSR count). The number of anilines is 1. The van der Waals surface area contributed by atoms with Crippen LogP contribution in [0.15, 0.2) is 29.4 Å². The van der Waals surface area contributed by atoms with Gasteiger partial charge in [0.05, 0.1) is 5.69 Å². The van der Waals surface area contributed by atoms with Gasteiger partial charge in [-0.2, -0.15) is 5.26 Å². The van der Waals surface area contributed by atoms with Crippen LogP contribution in [-0.2, 0) is 5.41 Å². The van der Waals surface area contributed by atoms with E-state index in [1.54, 1.807) is 0 Å². The molecule has 1 aromatic heterocycles. The maximum Gasteiger partial charge on any atom is 0.189 e. The Hall–Kier alpha value is -2.10. The fourth-order valence-electron chi connectivity index (χ4n) is 2.70. The van der Waals surface area contributed by atoms with Crippen molar-refractivity contribution >= 4 is 17.6 Å². The number of rotatable bonds is 7. The monoisotopic (exact) mass is 383 g/mol. The van der Waals surface area contributed by atoms with Gasteiger partial charge in [-0.25, -0.2) is 9.97 Å². The van der Waals surface area contributed by atoms with Crippen LogP contribution in [0, 0.1) is 11.3 Å². The lowest BCUT2D eigenvalue weighted by Crippen LogP contribution is -2.17. The second-order valence-corrected chi connectivity index (χ2v) is 8.58. The Morgan fingerprint density at radius 3 is 2.33 bits per heavy atom. The van der Waals surface area contributed by atoms with E-state index in [1.165, 1.54) is 17.3 Å². The highest BCUT2D eigenvalue weighted by Crippen LogP contribution is 2.30. The minimum absolute atomic E-state index is 0.0891. The molecule has 0 atom stereocenters. The number of hydrogen-bond donors (Lipinski definition) is 1. The van der Waals surface area contributed by atoms with Crippen molar-refractivity contribution in [2.75, 3.05) is 38.8 Å². The van der Waals surface area contributed by atoms with Crippen molar-refractivity contribution in [2.24, 2.45) is 0 Å². The van der Waals surface area contributed by atoms with Crippen LogP contribution in [0.1, 0.15) is 38.3 Å². The highest BCUT2D eigenvalue weighted by atomic mass is 32.2. The molecule has 5 nitrogen and oxygen atoms in total. The molecule has 0 saturated heterocycles. The average Bonchev–Trinajstić information content (AvgIpc) is 2.63. The molecule has 2 aromatic rings. The van der Waals surface area contributed by atoms with E-state index in [4.69, 9.17) is 0 Å². The minimum atomic E-state index is 0.0891. The van der Waals surface area contributed by atoms with Gasteiger partial charge in [-0.1, -0.05) is 56.8 Å². The van der Waals surface area contributed by atoms with E-state index < -0.39 is 0 Å². The molecule has 6 heteroatoms. The summed E-state index contributed by atoms with van der Waals surface area (Å²) in [5.41, 5.74) is 3.47. The smallest absolute Gasteiger partial charge is 0.189 e. The first-order valence-corrected chi connectivity index (χ1v) is 10.3. The maximum absolute atomic E-state index is 9.77. The zero-order chi connectivity index (χ0) is 20.0. The summed E-state index contributed by atoms with van der Waals surface area (Å²) < 4.78 is 0. The van der Waals surface area contributed by atoms with Crippen molar-refractivity contribution in [1.29, 1.82) is 5.26 Å². The van der Waals surface area contributed by atoms with Crippen molar-refractivity contribution in [1.82, 2.24) is 14.9 Å². The number of nitrogens with zero attached hydrogens (tertiary/aromatic N) is 4. The third-order valence-corrected chi connectivity index (χ3v) is 4.83. The van der Waals surface area contributed by atoms with Crippen LogP contribution < -0.4 is 5.32 Å². The average molecular weight is 384 g/mol. The first-order chi connectivity index (χ1) is 12.8. The number of benzene rings is 1. The van der Waals surface area contributed by atoms with Crippen molar-refractivity contribution < 1.29 is 0 Å². The van der Waals surface area contributed by atoms with Gasteiger partial charge in [0.1, 0.15) is 17.5 Å². The van der Waals surface area contributed by atoms with E-state index in [0.717, 1.165) is 25.1 Å². The molecule has 0 aliphatic rings. The van der Waals surface area contributed by atoms with Gasteiger partial charge >= 0.3 is 0 Å². The van der Waals surface area contributed by atoms with Crippen molar-refractivity contribution in [3.63, 3.8) is 0 Å². The predicted octanol–water partition coefficient (Wildman–Crippen LogP) is 4.40. The number of thioether (sulfide) groups is 1. The molecule has 0 fully saturated rings. The molecule has 1 N–H and O–H groups in total. The second-order valence-electron chi connectivity index (χ2n) is 7.81. The lowest BCUT2D eigenvalue weighted by molar-refractivity contribution is 0.405. The molecule has 0 radical (unpaired) electrons. The standard InChI is InChI=1S/C21H29N5S/c1-21(2,3)16-10-8-15(9-11-16)18-17(14-22)19(25-20(24-18)27-6)23-12-7-13-26(4)5/h8-11H,7,12-13H2,1-6H3,(H,23,24,25). The molecule has 1 aromatic carbocycles. The Labute approximate surface area is 167 Å². The summed E-state index contributed by atoms with van der Waals surface area (Å²) >= 11 is 1.48.